The van der Waals surface area contributed by atoms with Crippen LogP contribution in [0.1, 0.15) is 23.4 Å². The van der Waals surface area contributed by atoms with Crippen LogP contribution in [0.5, 0.6) is 11.5 Å². The summed E-state index contributed by atoms with van der Waals surface area (Å²) < 4.78 is 13.9. The van der Waals surface area contributed by atoms with Crippen molar-refractivity contribution in [2.45, 2.75) is 26.9 Å². The van der Waals surface area contributed by atoms with Gasteiger partial charge >= 0.3 is 0 Å². The topological polar surface area (TPSA) is 79.4 Å². The molecule has 0 radical (unpaired) electrons. The number of hydrogen-bond acceptors (Lipinski definition) is 5. The van der Waals surface area contributed by atoms with E-state index in [1.807, 2.05) is 61.9 Å². The Hall–Kier alpha value is -3.25. The second-order valence-corrected chi connectivity index (χ2v) is 8.10. The minimum atomic E-state index is -0.382. The molecule has 0 aliphatic heterocycles. The molecule has 1 aliphatic carbocycles. The summed E-state index contributed by atoms with van der Waals surface area (Å²) in [4.78, 5) is 16.1. The number of anilines is 1. The molecule has 0 spiro atoms. The molecule has 0 saturated carbocycles. The molecule has 1 atom stereocenters. The summed E-state index contributed by atoms with van der Waals surface area (Å²) >= 11 is 5.61. The number of allylic oxidation sites excluding steroid dienone is 4. The number of aryl methyl sites for hydroxylation is 3. The van der Waals surface area contributed by atoms with Crippen molar-refractivity contribution >= 4 is 33.6 Å². The highest BCUT2D eigenvalue weighted by atomic mass is 35.5. The second kappa shape index (κ2) is 8.47. The van der Waals surface area contributed by atoms with Crippen molar-refractivity contribution in [2.75, 3.05) is 5.73 Å². The summed E-state index contributed by atoms with van der Waals surface area (Å²) in [6.45, 7) is 4.23. The van der Waals surface area contributed by atoms with Crippen LogP contribution in [0.2, 0.25) is 0 Å². The monoisotopic (exact) mass is 437 g/mol. The fourth-order valence-electron chi connectivity index (χ4n) is 3.61. The van der Waals surface area contributed by atoms with Gasteiger partial charge in [0.05, 0.1) is 22.7 Å². The number of aromatic nitrogens is 2. The van der Waals surface area contributed by atoms with E-state index >= 15 is 0 Å². The van der Waals surface area contributed by atoms with Gasteiger partial charge in [0.1, 0.15) is 23.9 Å². The predicted molar refractivity (Wildman–Crippen MR) is 122 cm³/mol. The molecular weight excluding hydrogens is 414 g/mol. The predicted octanol–water partition coefficient (Wildman–Crippen LogP) is 5.31. The lowest BCUT2D eigenvalue weighted by atomic mass is 10.0. The van der Waals surface area contributed by atoms with Gasteiger partial charge in [0, 0.05) is 25.2 Å². The molecular formula is C24H24ClN3O3. The average Bonchev–Trinajstić information content (AvgIpc) is 3.06. The van der Waals surface area contributed by atoms with Crippen LogP contribution < -0.4 is 10.5 Å². The fourth-order valence-corrected chi connectivity index (χ4v) is 3.76. The summed E-state index contributed by atoms with van der Waals surface area (Å²) in [5.74, 6) is 2.61. The lowest BCUT2D eigenvalue weighted by Crippen LogP contribution is -2.11. The van der Waals surface area contributed by atoms with Crippen molar-refractivity contribution in [3.05, 3.63) is 71.3 Å². The minimum absolute atomic E-state index is 0.292. The second-order valence-electron chi connectivity index (χ2n) is 7.73. The standard InChI is InChI=1S/C24H24ClN3O3/c1-14-9-19(10-15(2)23(14)26)31-18-7-8-20-21(12-18)28(3)22(27-20)13-30-17-6-4-5-16(11-17)24(25)29/h4-10,12,16H,11,13,26H2,1-3H3. The maximum Gasteiger partial charge on any atom is 0.228 e. The first kappa shape index (κ1) is 21.0. The Morgan fingerprint density at radius 1 is 1.23 bits per heavy atom. The maximum absolute atomic E-state index is 11.4. The van der Waals surface area contributed by atoms with Crippen LogP contribution in [-0.4, -0.2) is 14.8 Å². The number of rotatable bonds is 6. The van der Waals surface area contributed by atoms with E-state index in [1.165, 1.54) is 0 Å². The third-order valence-corrected chi connectivity index (χ3v) is 5.75. The molecule has 160 valence electrons. The molecule has 1 aliphatic rings. The van der Waals surface area contributed by atoms with Crippen molar-refractivity contribution in [3.8, 4) is 11.5 Å². The molecule has 31 heavy (non-hydrogen) atoms. The van der Waals surface area contributed by atoms with E-state index in [-0.39, 0.29) is 11.2 Å². The molecule has 1 aromatic heterocycles. The minimum Gasteiger partial charge on any atom is -0.490 e. The van der Waals surface area contributed by atoms with E-state index in [0.717, 1.165) is 45.2 Å². The van der Waals surface area contributed by atoms with Crippen LogP contribution in [-0.2, 0) is 23.2 Å². The molecule has 0 fully saturated rings. The SMILES string of the molecule is Cc1cc(Oc2ccc3nc(COC4=CC=CC(C(=O)Cl)C4)n(C)c3c2)cc(C)c1N. The molecule has 1 unspecified atom stereocenters. The van der Waals surface area contributed by atoms with E-state index in [0.29, 0.717) is 18.8 Å². The van der Waals surface area contributed by atoms with E-state index in [4.69, 9.17) is 26.8 Å². The van der Waals surface area contributed by atoms with E-state index in [9.17, 15) is 4.79 Å². The number of halogens is 1. The Bertz CT molecular complexity index is 1200. The zero-order valence-corrected chi connectivity index (χ0v) is 18.4. The number of nitrogens with two attached hydrogens (primary N) is 1. The summed E-state index contributed by atoms with van der Waals surface area (Å²) in [5.41, 5.74) is 10.6. The van der Waals surface area contributed by atoms with Crippen LogP contribution in [0.25, 0.3) is 11.0 Å². The van der Waals surface area contributed by atoms with E-state index in [1.54, 1.807) is 12.2 Å². The van der Waals surface area contributed by atoms with Crippen molar-refractivity contribution in [1.82, 2.24) is 9.55 Å². The van der Waals surface area contributed by atoms with Crippen molar-refractivity contribution in [2.24, 2.45) is 13.0 Å². The highest BCUT2D eigenvalue weighted by Crippen LogP contribution is 2.30. The first-order valence-corrected chi connectivity index (χ1v) is 10.4. The lowest BCUT2D eigenvalue weighted by molar-refractivity contribution is -0.114. The zero-order chi connectivity index (χ0) is 22.1. The van der Waals surface area contributed by atoms with Gasteiger partial charge in [0.2, 0.25) is 5.24 Å². The highest BCUT2D eigenvalue weighted by Gasteiger charge is 2.19. The van der Waals surface area contributed by atoms with Crippen LogP contribution in [0, 0.1) is 19.8 Å². The van der Waals surface area contributed by atoms with Crippen LogP contribution in [0.15, 0.2) is 54.3 Å². The first-order chi connectivity index (χ1) is 14.8. The number of carbonyl (C=O) groups is 1. The third-order valence-electron chi connectivity index (χ3n) is 5.47. The number of fused-ring (bicyclic) bond motifs is 1. The molecule has 0 bridgehead atoms. The number of benzene rings is 2. The molecule has 0 saturated heterocycles. The summed E-state index contributed by atoms with van der Waals surface area (Å²) in [6, 6.07) is 9.64. The smallest absolute Gasteiger partial charge is 0.228 e. The summed E-state index contributed by atoms with van der Waals surface area (Å²) in [6.07, 6.45) is 5.88. The summed E-state index contributed by atoms with van der Waals surface area (Å²) in [5, 5.41) is -0.382. The number of carbonyl (C=O) groups excluding carboxylic acids is 1. The maximum atomic E-state index is 11.4. The van der Waals surface area contributed by atoms with Gasteiger partial charge in [-0.15, -0.1) is 0 Å². The van der Waals surface area contributed by atoms with Crippen molar-refractivity contribution in [3.63, 3.8) is 0 Å². The first-order valence-electron chi connectivity index (χ1n) is 10.0. The van der Waals surface area contributed by atoms with Crippen LogP contribution >= 0.6 is 11.6 Å². The third kappa shape index (κ3) is 4.44. The van der Waals surface area contributed by atoms with Crippen LogP contribution in [0.3, 0.4) is 0 Å². The zero-order valence-electron chi connectivity index (χ0n) is 17.7. The molecule has 7 heteroatoms. The van der Waals surface area contributed by atoms with E-state index in [2.05, 4.69) is 4.98 Å². The number of ether oxygens (including phenoxy) is 2. The molecule has 3 aromatic rings. The summed E-state index contributed by atoms with van der Waals surface area (Å²) in [7, 11) is 1.94. The Balaban J connectivity index is 1.51. The van der Waals surface area contributed by atoms with Gasteiger partial charge in [-0.05, 0) is 66.9 Å². The Morgan fingerprint density at radius 3 is 2.68 bits per heavy atom. The fraction of sp³-hybridized carbons (Fsp3) is 0.250. The van der Waals surface area contributed by atoms with Gasteiger partial charge in [0.15, 0.2) is 0 Å². The molecule has 0 amide bonds. The number of hydrogen-bond donors (Lipinski definition) is 1. The largest absolute Gasteiger partial charge is 0.490 e. The average molecular weight is 438 g/mol. The van der Waals surface area contributed by atoms with Gasteiger partial charge in [-0.25, -0.2) is 4.98 Å². The molecule has 2 N–H and O–H groups in total. The van der Waals surface area contributed by atoms with Gasteiger partial charge in [0.25, 0.3) is 0 Å². The van der Waals surface area contributed by atoms with Gasteiger partial charge < -0.3 is 19.8 Å². The Morgan fingerprint density at radius 2 is 1.97 bits per heavy atom. The Labute approximate surface area is 185 Å². The lowest BCUT2D eigenvalue weighted by Gasteiger charge is -2.16. The highest BCUT2D eigenvalue weighted by molar-refractivity contribution is 6.64. The number of imidazole rings is 1. The number of nitrogen functional groups attached to an aromatic ring is 1. The van der Waals surface area contributed by atoms with Crippen molar-refractivity contribution < 1.29 is 14.3 Å². The van der Waals surface area contributed by atoms with Gasteiger partial charge in [-0.1, -0.05) is 12.2 Å². The molecule has 2 aromatic carbocycles. The Kier molecular flexibility index (Phi) is 5.74. The van der Waals surface area contributed by atoms with Crippen molar-refractivity contribution in [1.29, 1.82) is 0 Å². The molecule has 4 rings (SSSR count). The van der Waals surface area contributed by atoms with E-state index < -0.39 is 0 Å². The quantitative estimate of drug-likeness (QED) is 0.417. The molecule has 6 nitrogen and oxygen atoms in total. The van der Waals surface area contributed by atoms with Gasteiger partial charge in [-0.2, -0.15) is 0 Å². The normalized spacial score (nSPS) is 15.7. The number of nitrogens with zero attached hydrogens (tertiary/aromatic N) is 2. The van der Waals surface area contributed by atoms with Crippen LogP contribution in [0.4, 0.5) is 5.69 Å². The molecule has 1 heterocycles. The van der Waals surface area contributed by atoms with Gasteiger partial charge in [-0.3, -0.25) is 4.79 Å².